The van der Waals surface area contributed by atoms with Gasteiger partial charge in [-0.1, -0.05) is 124 Å². The highest BCUT2D eigenvalue weighted by molar-refractivity contribution is 6.87. The second kappa shape index (κ2) is 10.6. The second-order valence-electron chi connectivity index (χ2n) is 10.4. The smallest absolute Gasteiger partial charge is 0.215 e. The van der Waals surface area contributed by atoms with Crippen LogP contribution in [0, 0.1) is 41.5 Å². The standard InChI is InChI=1S/C33H38BN/c1-22-18-24(3)31(25(4)19-22)34(32-26(5)20-23(2)21-27(32)6)28(7)33(29-14-10-8-11-15-29)35-30-16-12-9-13-17-30/h8-21,28,33,35H,1-7H3/t28-,33+/m1/s1. The van der Waals surface area contributed by atoms with Gasteiger partial charge in [0, 0.05) is 11.7 Å². The van der Waals surface area contributed by atoms with E-state index in [0.717, 1.165) is 5.69 Å². The summed E-state index contributed by atoms with van der Waals surface area (Å²) in [5.74, 6) is 0.304. The molecule has 0 unspecified atom stereocenters. The predicted molar refractivity (Wildman–Crippen MR) is 155 cm³/mol. The third kappa shape index (κ3) is 5.38. The minimum absolute atomic E-state index is 0.156. The molecule has 2 heteroatoms. The van der Waals surface area contributed by atoms with Crippen LogP contribution in [0.3, 0.4) is 0 Å². The van der Waals surface area contributed by atoms with Gasteiger partial charge in [0.1, 0.15) is 0 Å². The lowest BCUT2D eigenvalue weighted by molar-refractivity contribution is 0.736. The average Bonchev–Trinajstić information content (AvgIpc) is 2.81. The Balaban J connectivity index is 1.94. The van der Waals surface area contributed by atoms with Gasteiger partial charge in [0.25, 0.3) is 0 Å². The highest BCUT2D eigenvalue weighted by Crippen LogP contribution is 2.34. The Morgan fingerprint density at radius 2 is 0.971 bits per heavy atom. The number of nitrogens with one attached hydrogen (secondary N) is 1. The number of hydrogen-bond donors (Lipinski definition) is 1. The number of benzene rings is 4. The van der Waals surface area contributed by atoms with Gasteiger partial charge in [-0.25, -0.2) is 0 Å². The van der Waals surface area contributed by atoms with Crippen molar-refractivity contribution in [3.8, 4) is 0 Å². The van der Waals surface area contributed by atoms with E-state index in [-0.39, 0.29) is 12.8 Å². The molecule has 0 amide bonds. The first-order chi connectivity index (χ1) is 16.8. The highest BCUT2D eigenvalue weighted by atomic mass is 14.9. The Bertz CT molecular complexity index is 1190. The van der Waals surface area contributed by atoms with E-state index in [1.54, 1.807) is 0 Å². The monoisotopic (exact) mass is 459 g/mol. The molecule has 0 bridgehead atoms. The Kier molecular flexibility index (Phi) is 7.50. The van der Waals surface area contributed by atoms with Crippen LogP contribution in [0.25, 0.3) is 0 Å². The molecular weight excluding hydrogens is 421 g/mol. The van der Waals surface area contributed by atoms with Gasteiger partial charge in [-0.2, -0.15) is 0 Å². The van der Waals surface area contributed by atoms with Crippen LogP contribution in [0.5, 0.6) is 0 Å². The maximum absolute atomic E-state index is 3.92. The molecule has 0 saturated heterocycles. The Labute approximate surface area is 212 Å². The van der Waals surface area contributed by atoms with Crippen molar-refractivity contribution >= 4 is 23.3 Å². The molecule has 0 aliphatic carbocycles. The van der Waals surface area contributed by atoms with Crippen LogP contribution in [0.4, 0.5) is 5.69 Å². The summed E-state index contributed by atoms with van der Waals surface area (Å²) in [4.78, 5) is 0. The molecule has 4 aromatic carbocycles. The van der Waals surface area contributed by atoms with E-state index in [1.807, 2.05) is 0 Å². The molecule has 0 fully saturated rings. The maximum Gasteiger partial charge on any atom is 0.215 e. The minimum atomic E-state index is 0.156. The fraction of sp³-hybridized carbons (Fsp3) is 0.273. The molecule has 0 radical (unpaired) electrons. The molecule has 0 aliphatic rings. The van der Waals surface area contributed by atoms with Crippen molar-refractivity contribution in [1.29, 1.82) is 0 Å². The van der Waals surface area contributed by atoms with Crippen LogP contribution in [0.2, 0.25) is 5.82 Å². The largest absolute Gasteiger partial charge is 0.379 e. The Morgan fingerprint density at radius 3 is 1.40 bits per heavy atom. The third-order valence-electron chi connectivity index (χ3n) is 7.40. The lowest BCUT2D eigenvalue weighted by Gasteiger charge is -2.35. The summed E-state index contributed by atoms with van der Waals surface area (Å²) < 4.78 is 0. The van der Waals surface area contributed by atoms with Crippen molar-refractivity contribution in [1.82, 2.24) is 0 Å². The molecule has 2 atom stereocenters. The molecule has 4 aromatic rings. The topological polar surface area (TPSA) is 12.0 Å². The van der Waals surface area contributed by atoms with Gasteiger partial charge in [-0.05, 0) is 65.1 Å². The molecule has 35 heavy (non-hydrogen) atoms. The molecule has 1 nitrogen and oxygen atoms in total. The fourth-order valence-electron chi connectivity index (χ4n) is 6.12. The van der Waals surface area contributed by atoms with E-state index >= 15 is 0 Å². The quantitative estimate of drug-likeness (QED) is 0.284. The summed E-state index contributed by atoms with van der Waals surface area (Å²) in [6.45, 7) is 16.2. The zero-order valence-electron chi connectivity index (χ0n) is 22.3. The third-order valence-corrected chi connectivity index (χ3v) is 7.40. The number of hydrogen-bond acceptors (Lipinski definition) is 1. The van der Waals surface area contributed by atoms with Crippen LogP contribution in [0.15, 0.2) is 84.9 Å². The van der Waals surface area contributed by atoms with Crippen LogP contribution < -0.4 is 16.2 Å². The highest BCUT2D eigenvalue weighted by Gasteiger charge is 2.36. The molecule has 4 rings (SSSR count). The van der Waals surface area contributed by atoms with Crippen LogP contribution in [-0.4, -0.2) is 6.71 Å². The van der Waals surface area contributed by atoms with E-state index in [0.29, 0.717) is 5.82 Å². The van der Waals surface area contributed by atoms with Crippen molar-refractivity contribution < 1.29 is 0 Å². The summed E-state index contributed by atoms with van der Waals surface area (Å²) in [6.07, 6.45) is 0. The SMILES string of the molecule is Cc1cc(C)c(B(c2c(C)cc(C)cc2C)[C@H](C)[C@H](Nc2ccccc2)c2ccccc2)c(C)c1. The van der Waals surface area contributed by atoms with Crippen molar-refractivity contribution in [2.24, 2.45) is 0 Å². The van der Waals surface area contributed by atoms with Gasteiger partial charge in [-0.15, -0.1) is 0 Å². The van der Waals surface area contributed by atoms with Gasteiger partial charge < -0.3 is 5.32 Å². The molecule has 0 aliphatic heterocycles. The van der Waals surface area contributed by atoms with Gasteiger partial charge in [0.15, 0.2) is 0 Å². The number of aryl methyl sites for hydroxylation is 6. The lowest BCUT2D eigenvalue weighted by Crippen LogP contribution is -2.52. The average molecular weight is 459 g/mol. The molecule has 1 N–H and O–H groups in total. The maximum atomic E-state index is 3.92. The zero-order chi connectivity index (χ0) is 25.1. The summed E-state index contributed by atoms with van der Waals surface area (Å²) in [6, 6.07) is 31.1. The molecule has 0 saturated carbocycles. The van der Waals surface area contributed by atoms with Gasteiger partial charge in [-0.3, -0.25) is 0 Å². The second-order valence-corrected chi connectivity index (χ2v) is 10.4. The predicted octanol–water partition coefficient (Wildman–Crippen LogP) is 7.39. The van der Waals surface area contributed by atoms with E-state index in [4.69, 9.17) is 0 Å². The van der Waals surface area contributed by atoms with E-state index in [2.05, 4.69) is 139 Å². The Morgan fingerprint density at radius 1 is 0.571 bits per heavy atom. The summed E-state index contributed by atoms with van der Waals surface area (Å²) >= 11 is 0. The van der Waals surface area contributed by atoms with Gasteiger partial charge in [0.2, 0.25) is 6.71 Å². The molecule has 178 valence electrons. The van der Waals surface area contributed by atoms with E-state index in [1.165, 1.54) is 49.9 Å². The number of anilines is 1. The van der Waals surface area contributed by atoms with Crippen molar-refractivity contribution in [3.63, 3.8) is 0 Å². The van der Waals surface area contributed by atoms with Crippen LogP contribution in [-0.2, 0) is 0 Å². The van der Waals surface area contributed by atoms with Crippen molar-refractivity contribution in [3.05, 3.63) is 124 Å². The summed E-state index contributed by atoms with van der Waals surface area (Å²) in [5, 5.41) is 3.92. The normalized spacial score (nSPS) is 12.8. The number of para-hydroxylation sites is 1. The Hall–Kier alpha value is -3.26. The summed E-state index contributed by atoms with van der Waals surface area (Å²) in [5.41, 5.74) is 13.6. The lowest BCUT2D eigenvalue weighted by atomic mass is 9.30. The first-order valence-corrected chi connectivity index (χ1v) is 12.8. The molecule has 0 spiro atoms. The molecule has 0 heterocycles. The van der Waals surface area contributed by atoms with E-state index < -0.39 is 0 Å². The van der Waals surface area contributed by atoms with Gasteiger partial charge >= 0.3 is 0 Å². The number of rotatable bonds is 7. The first-order valence-electron chi connectivity index (χ1n) is 12.8. The summed E-state index contributed by atoms with van der Waals surface area (Å²) in [7, 11) is 0. The van der Waals surface area contributed by atoms with Crippen molar-refractivity contribution in [2.45, 2.75) is 60.3 Å². The van der Waals surface area contributed by atoms with Crippen molar-refractivity contribution in [2.75, 3.05) is 5.32 Å². The molecule has 0 aromatic heterocycles. The zero-order valence-corrected chi connectivity index (χ0v) is 22.3. The van der Waals surface area contributed by atoms with Crippen LogP contribution in [0.1, 0.15) is 51.9 Å². The molecular formula is C33H38BN. The minimum Gasteiger partial charge on any atom is -0.379 e. The van der Waals surface area contributed by atoms with E-state index in [9.17, 15) is 0 Å². The first kappa shape index (κ1) is 24.9. The fourth-order valence-corrected chi connectivity index (χ4v) is 6.12. The van der Waals surface area contributed by atoms with Gasteiger partial charge in [0.05, 0.1) is 0 Å². The van der Waals surface area contributed by atoms with Crippen LogP contribution >= 0.6 is 0 Å².